The smallest absolute Gasteiger partial charge is 0.378 e. The van der Waals surface area contributed by atoms with Gasteiger partial charge in [-0.25, -0.2) is 9.59 Å². The van der Waals surface area contributed by atoms with E-state index in [2.05, 4.69) is 34.6 Å². The Morgan fingerprint density at radius 2 is 1.57 bits per heavy atom. The van der Waals surface area contributed by atoms with Crippen molar-refractivity contribution >= 4 is 11.9 Å². The fraction of sp³-hybridized carbons (Fsp3) is 0.730. The summed E-state index contributed by atoms with van der Waals surface area (Å²) in [5, 5.41) is 29.1. The standard InChI is InChI=1S/C37H58O9/c1-22(2)12-9-13-23(3)14-10-15-24(4)16-11-18-37(8)19-17-28-27(7)32(25(5)26(6)33(28)46-37)44-30(40)21-43-35-31(41)36(42)45-34(35)29(39)20-38/h22-24,29,34,38-39,41H,9-21H2,1-8H3/t23-,24-,29+,34-,37-/m1/s1. The molecule has 0 saturated heterocycles. The van der Waals surface area contributed by atoms with E-state index in [1.54, 1.807) is 0 Å². The van der Waals surface area contributed by atoms with Gasteiger partial charge < -0.3 is 34.3 Å². The number of hydrogen-bond donors (Lipinski definition) is 3. The summed E-state index contributed by atoms with van der Waals surface area (Å²) in [5.74, 6) is 0.515. The van der Waals surface area contributed by atoms with E-state index in [9.17, 15) is 24.9 Å². The molecular formula is C37H58O9. The molecule has 46 heavy (non-hydrogen) atoms. The molecule has 0 aliphatic carbocycles. The predicted octanol–water partition coefficient (Wildman–Crippen LogP) is 7.10. The molecule has 0 radical (unpaired) electrons. The number of rotatable bonds is 18. The zero-order valence-electron chi connectivity index (χ0n) is 29.4. The molecule has 0 aromatic heterocycles. The van der Waals surface area contributed by atoms with Crippen LogP contribution >= 0.6 is 0 Å². The van der Waals surface area contributed by atoms with Crippen LogP contribution in [0.4, 0.5) is 0 Å². The molecule has 3 rings (SSSR count). The van der Waals surface area contributed by atoms with E-state index in [-0.39, 0.29) is 5.60 Å². The highest BCUT2D eigenvalue weighted by atomic mass is 16.6. The highest BCUT2D eigenvalue weighted by Crippen LogP contribution is 2.45. The van der Waals surface area contributed by atoms with Crippen molar-refractivity contribution in [2.45, 2.75) is 144 Å². The number of carbonyl (C=O) groups excluding carboxylic acids is 2. The minimum Gasteiger partial charge on any atom is -0.499 e. The fourth-order valence-electron chi connectivity index (χ4n) is 6.65. The minimum absolute atomic E-state index is 0.250. The topological polar surface area (TPSA) is 132 Å². The molecule has 9 heteroatoms. The van der Waals surface area contributed by atoms with Crippen molar-refractivity contribution in [3.63, 3.8) is 0 Å². The van der Waals surface area contributed by atoms with Gasteiger partial charge in [-0.15, -0.1) is 0 Å². The maximum atomic E-state index is 12.8. The number of fused-ring (bicyclic) bond motifs is 1. The lowest BCUT2D eigenvalue weighted by atomic mass is 9.83. The van der Waals surface area contributed by atoms with Crippen LogP contribution < -0.4 is 9.47 Å². The SMILES string of the molecule is Cc1c(C)c2c(c(C)c1OC(=O)COC1=C(O)C(=O)O[C@@H]1[C@@H](O)CO)CC[C@@](C)(CCC[C@H](C)CCC[C@H](C)CCCC(C)C)O2. The van der Waals surface area contributed by atoms with Gasteiger partial charge in [0.25, 0.3) is 0 Å². The van der Waals surface area contributed by atoms with Crippen molar-refractivity contribution in [2.24, 2.45) is 17.8 Å². The van der Waals surface area contributed by atoms with Crippen LogP contribution in [0.25, 0.3) is 0 Å². The third-order valence-corrected chi connectivity index (χ3v) is 9.86. The Morgan fingerprint density at radius 1 is 0.957 bits per heavy atom. The molecule has 5 atom stereocenters. The van der Waals surface area contributed by atoms with Crippen molar-refractivity contribution < 1.29 is 43.9 Å². The summed E-state index contributed by atoms with van der Waals surface area (Å²) in [6.45, 7) is 16.0. The molecule has 3 N–H and O–H groups in total. The zero-order valence-corrected chi connectivity index (χ0v) is 29.4. The lowest BCUT2D eigenvalue weighted by molar-refractivity contribution is -0.148. The number of esters is 2. The van der Waals surface area contributed by atoms with Crippen LogP contribution in [0.5, 0.6) is 11.5 Å². The van der Waals surface area contributed by atoms with Crippen molar-refractivity contribution in [1.82, 2.24) is 0 Å². The average Bonchev–Trinajstić information content (AvgIpc) is 3.29. The molecule has 0 saturated carbocycles. The zero-order chi connectivity index (χ0) is 34.2. The van der Waals surface area contributed by atoms with Crippen molar-refractivity contribution in [3.05, 3.63) is 33.8 Å². The normalized spacial score (nSPS) is 21.5. The fourth-order valence-corrected chi connectivity index (χ4v) is 6.65. The van der Waals surface area contributed by atoms with E-state index in [0.717, 1.165) is 65.5 Å². The van der Waals surface area contributed by atoms with Crippen LogP contribution in [0.15, 0.2) is 11.5 Å². The summed E-state index contributed by atoms with van der Waals surface area (Å²) >= 11 is 0. The molecule has 260 valence electrons. The Bertz CT molecular complexity index is 1240. The molecule has 0 unspecified atom stereocenters. The maximum absolute atomic E-state index is 12.8. The molecule has 0 fully saturated rings. The summed E-state index contributed by atoms with van der Waals surface area (Å²) in [6.07, 6.45) is 10.0. The Kier molecular flexibility index (Phi) is 13.8. The second kappa shape index (κ2) is 16.9. The van der Waals surface area contributed by atoms with Gasteiger partial charge in [0.15, 0.2) is 18.5 Å². The van der Waals surface area contributed by atoms with Crippen molar-refractivity contribution in [1.29, 1.82) is 0 Å². The van der Waals surface area contributed by atoms with Crippen LogP contribution in [-0.4, -0.2) is 58.3 Å². The summed E-state index contributed by atoms with van der Waals surface area (Å²) in [6, 6.07) is 0. The second-order valence-corrected chi connectivity index (χ2v) is 14.5. The molecule has 0 bridgehead atoms. The van der Waals surface area contributed by atoms with Gasteiger partial charge in [-0.05, 0) is 87.8 Å². The predicted molar refractivity (Wildman–Crippen MR) is 177 cm³/mol. The van der Waals surface area contributed by atoms with Crippen molar-refractivity contribution in [2.75, 3.05) is 13.2 Å². The third-order valence-electron chi connectivity index (χ3n) is 9.86. The molecule has 2 heterocycles. The molecule has 0 spiro atoms. The van der Waals surface area contributed by atoms with Gasteiger partial charge in [-0.2, -0.15) is 0 Å². The summed E-state index contributed by atoms with van der Waals surface area (Å²) < 4.78 is 22.6. The summed E-state index contributed by atoms with van der Waals surface area (Å²) in [7, 11) is 0. The number of hydrogen-bond acceptors (Lipinski definition) is 9. The van der Waals surface area contributed by atoms with Gasteiger partial charge in [0.2, 0.25) is 5.76 Å². The van der Waals surface area contributed by atoms with Gasteiger partial charge in [0.1, 0.15) is 23.2 Å². The van der Waals surface area contributed by atoms with E-state index in [4.69, 9.17) is 18.9 Å². The first kappa shape index (κ1) is 37.7. The van der Waals surface area contributed by atoms with Crippen LogP contribution in [0.3, 0.4) is 0 Å². The lowest BCUT2D eigenvalue weighted by Gasteiger charge is -2.38. The van der Waals surface area contributed by atoms with Gasteiger partial charge in [-0.3, -0.25) is 0 Å². The van der Waals surface area contributed by atoms with Crippen LogP contribution in [0.1, 0.15) is 121 Å². The molecule has 1 aromatic carbocycles. The molecule has 0 amide bonds. The average molecular weight is 647 g/mol. The minimum atomic E-state index is -1.51. The third kappa shape index (κ3) is 9.86. The Balaban J connectivity index is 1.53. The first-order chi connectivity index (χ1) is 21.7. The molecule has 1 aromatic rings. The van der Waals surface area contributed by atoms with E-state index >= 15 is 0 Å². The Hall–Kier alpha value is -2.78. The highest BCUT2D eigenvalue weighted by molar-refractivity contribution is 5.89. The monoisotopic (exact) mass is 646 g/mol. The molecule has 2 aliphatic rings. The second-order valence-electron chi connectivity index (χ2n) is 14.5. The number of cyclic esters (lactones) is 1. The first-order valence-electron chi connectivity index (χ1n) is 17.3. The maximum Gasteiger partial charge on any atom is 0.378 e. The van der Waals surface area contributed by atoms with Crippen LogP contribution in [0.2, 0.25) is 0 Å². The molecular weight excluding hydrogens is 588 g/mol. The van der Waals surface area contributed by atoms with E-state index in [1.165, 1.54) is 44.9 Å². The number of aliphatic hydroxyl groups excluding tert-OH is 3. The summed E-state index contributed by atoms with van der Waals surface area (Å²) in [5.41, 5.74) is 3.32. The highest BCUT2D eigenvalue weighted by Gasteiger charge is 2.41. The lowest BCUT2D eigenvalue weighted by Crippen LogP contribution is -2.37. The van der Waals surface area contributed by atoms with Gasteiger partial charge in [0.05, 0.1) is 6.61 Å². The Labute approximate surface area is 275 Å². The van der Waals surface area contributed by atoms with Gasteiger partial charge in [-0.1, -0.05) is 72.6 Å². The Morgan fingerprint density at radius 3 is 2.17 bits per heavy atom. The largest absolute Gasteiger partial charge is 0.499 e. The molecule has 9 nitrogen and oxygen atoms in total. The number of carbonyl (C=O) groups is 2. The van der Waals surface area contributed by atoms with Gasteiger partial charge in [0, 0.05) is 5.56 Å². The van der Waals surface area contributed by atoms with E-state index in [1.807, 2.05) is 20.8 Å². The van der Waals surface area contributed by atoms with E-state index < -0.39 is 48.9 Å². The number of aliphatic hydroxyl groups is 3. The van der Waals surface area contributed by atoms with Crippen LogP contribution in [-0.2, 0) is 25.5 Å². The van der Waals surface area contributed by atoms with Crippen LogP contribution in [0, 0.1) is 38.5 Å². The summed E-state index contributed by atoms with van der Waals surface area (Å²) in [4.78, 5) is 24.5. The van der Waals surface area contributed by atoms with Gasteiger partial charge >= 0.3 is 11.9 Å². The number of ether oxygens (including phenoxy) is 4. The first-order valence-corrected chi connectivity index (χ1v) is 17.3. The quantitative estimate of drug-likeness (QED) is 0.113. The number of benzene rings is 1. The van der Waals surface area contributed by atoms with E-state index in [0.29, 0.717) is 11.7 Å². The molecule has 2 aliphatic heterocycles. The van der Waals surface area contributed by atoms with Crippen molar-refractivity contribution in [3.8, 4) is 11.5 Å².